The molecule has 0 aliphatic heterocycles. The molecule has 0 aromatic heterocycles. The Kier molecular flexibility index (Phi) is 4.67. The molecule has 0 radical (unpaired) electrons. The van der Waals surface area contributed by atoms with Crippen LogP contribution in [0.15, 0.2) is 47.6 Å². The topological polar surface area (TPSA) is 54.4 Å². The number of aliphatic hydroxyl groups is 1. The summed E-state index contributed by atoms with van der Waals surface area (Å²) >= 11 is 2.16. The van der Waals surface area contributed by atoms with Crippen molar-refractivity contribution < 1.29 is 14.7 Å². The van der Waals surface area contributed by atoms with E-state index in [1.807, 2.05) is 24.3 Å². The fraction of sp³-hybridized carbons (Fsp3) is 0.520. The van der Waals surface area contributed by atoms with E-state index in [0.29, 0.717) is 35.5 Å². The van der Waals surface area contributed by atoms with Crippen molar-refractivity contribution in [3.63, 3.8) is 0 Å². The summed E-state index contributed by atoms with van der Waals surface area (Å²) in [5.41, 5.74) is 1.54. The van der Waals surface area contributed by atoms with Crippen LogP contribution >= 0.6 is 22.6 Å². The molecule has 5 atom stereocenters. The summed E-state index contributed by atoms with van der Waals surface area (Å²) in [5.74, 6) is 1.82. The summed E-state index contributed by atoms with van der Waals surface area (Å²) in [6.45, 7) is 2.20. The molecule has 152 valence electrons. The lowest BCUT2D eigenvalue weighted by molar-refractivity contribution is -0.129. The van der Waals surface area contributed by atoms with E-state index >= 15 is 0 Å². The molecule has 3 nitrogen and oxygen atoms in total. The van der Waals surface area contributed by atoms with Gasteiger partial charge in [-0.2, -0.15) is 0 Å². The third kappa shape index (κ3) is 2.93. The van der Waals surface area contributed by atoms with Gasteiger partial charge in [0.1, 0.15) is 11.4 Å². The average molecular weight is 502 g/mol. The zero-order valence-electron chi connectivity index (χ0n) is 16.8. The second-order valence-electron chi connectivity index (χ2n) is 9.60. The molecule has 3 fully saturated rings. The van der Waals surface area contributed by atoms with Gasteiger partial charge in [-0.15, -0.1) is 0 Å². The monoisotopic (exact) mass is 502 g/mol. The van der Waals surface area contributed by atoms with Crippen LogP contribution in [0.1, 0.15) is 62.2 Å². The van der Waals surface area contributed by atoms with Crippen LogP contribution in [0.5, 0.6) is 0 Å². The molecule has 1 N–H and O–H groups in total. The minimum absolute atomic E-state index is 0.113. The van der Waals surface area contributed by atoms with Crippen LogP contribution in [-0.4, -0.2) is 22.3 Å². The summed E-state index contributed by atoms with van der Waals surface area (Å²) in [7, 11) is 0. The molecule has 5 rings (SSSR count). The number of rotatable bonds is 2. The van der Waals surface area contributed by atoms with Gasteiger partial charge in [-0.25, -0.2) is 0 Å². The van der Waals surface area contributed by atoms with E-state index in [2.05, 4.69) is 35.6 Å². The van der Waals surface area contributed by atoms with Gasteiger partial charge in [0.2, 0.25) is 0 Å². The number of fused-ring (bicyclic) bond motifs is 5. The van der Waals surface area contributed by atoms with Crippen LogP contribution in [0, 0.1) is 26.7 Å². The minimum Gasteiger partial charge on any atom is -0.377 e. The third-order valence-electron chi connectivity index (χ3n) is 8.22. The molecule has 0 spiro atoms. The molecule has 0 heterocycles. The van der Waals surface area contributed by atoms with E-state index < -0.39 is 5.60 Å². The molecule has 29 heavy (non-hydrogen) atoms. The lowest BCUT2D eigenvalue weighted by Crippen LogP contribution is -2.45. The molecule has 0 bridgehead atoms. The minimum atomic E-state index is -1.44. The van der Waals surface area contributed by atoms with E-state index in [0.717, 1.165) is 47.7 Å². The first-order valence-corrected chi connectivity index (χ1v) is 11.9. The highest BCUT2D eigenvalue weighted by molar-refractivity contribution is 14.1. The SMILES string of the molecule is C[C@]12CC[C@@H]3C4=CCC(O)(C(=O)c5ccccc5I)C=C4CC[C@H]3[C@@H]1CCC2=O. The lowest BCUT2D eigenvalue weighted by Gasteiger charge is -2.50. The summed E-state index contributed by atoms with van der Waals surface area (Å²) in [6.07, 6.45) is 10.1. The third-order valence-corrected chi connectivity index (χ3v) is 9.16. The Labute approximate surface area is 185 Å². The van der Waals surface area contributed by atoms with Gasteiger partial charge in [-0.05, 0) is 95.7 Å². The number of hydrogen-bond acceptors (Lipinski definition) is 3. The molecule has 4 aliphatic carbocycles. The van der Waals surface area contributed by atoms with Crippen LogP contribution in [-0.2, 0) is 4.79 Å². The number of hydrogen-bond donors (Lipinski definition) is 1. The predicted molar refractivity (Wildman–Crippen MR) is 121 cm³/mol. The van der Waals surface area contributed by atoms with Crippen molar-refractivity contribution in [3.05, 3.63) is 56.7 Å². The van der Waals surface area contributed by atoms with Gasteiger partial charge in [-0.3, -0.25) is 9.59 Å². The fourth-order valence-corrected chi connectivity index (χ4v) is 7.27. The Balaban J connectivity index is 1.43. The maximum atomic E-state index is 13.2. The Morgan fingerprint density at radius 1 is 1.17 bits per heavy atom. The highest BCUT2D eigenvalue weighted by Crippen LogP contribution is 2.60. The van der Waals surface area contributed by atoms with E-state index in [-0.39, 0.29) is 11.2 Å². The quantitative estimate of drug-likeness (QED) is 0.443. The van der Waals surface area contributed by atoms with E-state index in [9.17, 15) is 14.7 Å². The van der Waals surface area contributed by atoms with Crippen molar-refractivity contribution in [1.82, 2.24) is 0 Å². The molecule has 0 saturated heterocycles. The van der Waals surface area contributed by atoms with Crippen molar-refractivity contribution in [1.29, 1.82) is 0 Å². The van der Waals surface area contributed by atoms with Gasteiger partial charge < -0.3 is 5.11 Å². The van der Waals surface area contributed by atoms with Gasteiger partial charge in [0.05, 0.1) is 0 Å². The standard InChI is InChI=1S/C25H27IO3/c1-24-12-10-17-16-11-13-25(29,23(28)19-4-2-3-5-21(19)26)14-15(16)6-7-18(17)20(24)8-9-22(24)27/h2-5,11,14,17-18,20,29H,6-10,12-13H2,1H3/t17-,18-,20+,24+,25?/m1/s1. The molecule has 1 aromatic carbocycles. The summed E-state index contributed by atoms with van der Waals surface area (Å²) in [4.78, 5) is 25.7. The Morgan fingerprint density at radius 3 is 2.76 bits per heavy atom. The summed E-state index contributed by atoms with van der Waals surface area (Å²) < 4.78 is 0.873. The Hall–Kier alpha value is -1.27. The molecule has 3 saturated carbocycles. The van der Waals surface area contributed by atoms with Crippen molar-refractivity contribution in [3.8, 4) is 0 Å². The van der Waals surface area contributed by atoms with Crippen LogP contribution in [0.25, 0.3) is 0 Å². The number of allylic oxidation sites excluding steroid dienone is 2. The average Bonchev–Trinajstić information content (AvgIpc) is 3.02. The summed E-state index contributed by atoms with van der Waals surface area (Å²) in [5, 5.41) is 11.3. The number of halogens is 1. The van der Waals surface area contributed by atoms with Gasteiger partial charge in [0, 0.05) is 27.4 Å². The van der Waals surface area contributed by atoms with Crippen molar-refractivity contribution in [2.45, 2.75) is 57.5 Å². The zero-order valence-corrected chi connectivity index (χ0v) is 18.9. The highest BCUT2D eigenvalue weighted by Gasteiger charge is 2.55. The first-order valence-electron chi connectivity index (χ1n) is 10.8. The molecular formula is C25H27IO3. The normalized spacial score (nSPS) is 38.4. The van der Waals surface area contributed by atoms with Crippen molar-refractivity contribution in [2.75, 3.05) is 0 Å². The van der Waals surface area contributed by atoms with Gasteiger partial charge in [0.25, 0.3) is 0 Å². The maximum absolute atomic E-state index is 13.2. The molecule has 0 amide bonds. The van der Waals surface area contributed by atoms with Gasteiger partial charge in [-0.1, -0.05) is 31.2 Å². The van der Waals surface area contributed by atoms with Crippen molar-refractivity contribution >= 4 is 34.2 Å². The van der Waals surface area contributed by atoms with E-state index in [1.54, 1.807) is 6.07 Å². The lowest BCUT2D eigenvalue weighted by atomic mass is 9.54. The van der Waals surface area contributed by atoms with Gasteiger partial charge in [0.15, 0.2) is 5.78 Å². The predicted octanol–water partition coefficient (Wildman–Crippen LogP) is 5.27. The second-order valence-corrected chi connectivity index (χ2v) is 10.8. The largest absolute Gasteiger partial charge is 0.377 e. The molecular weight excluding hydrogens is 475 g/mol. The fourth-order valence-electron chi connectivity index (χ4n) is 6.64. The first kappa shape index (κ1) is 19.7. The molecule has 1 unspecified atom stereocenters. The van der Waals surface area contributed by atoms with Crippen LogP contribution in [0.4, 0.5) is 0 Å². The Morgan fingerprint density at radius 2 is 1.97 bits per heavy atom. The highest BCUT2D eigenvalue weighted by atomic mass is 127. The summed E-state index contributed by atoms with van der Waals surface area (Å²) in [6, 6.07) is 7.46. The Bertz CT molecular complexity index is 961. The smallest absolute Gasteiger partial charge is 0.199 e. The van der Waals surface area contributed by atoms with Crippen molar-refractivity contribution in [2.24, 2.45) is 23.2 Å². The second kappa shape index (κ2) is 6.88. The van der Waals surface area contributed by atoms with Crippen LogP contribution in [0.2, 0.25) is 0 Å². The number of benzene rings is 1. The first-order chi connectivity index (χ1) is 13.8. The number of carbonyl (C=O) groups excluding carboxylic acids is 2. The number of ketones is 2. The molecule has 4 aliphatic rings. The molecule has 4 heteroatoms. The zero-order chi connectivity index (χ0) is 20.4. The van der Waals surface area contributed by atoms with Crippen LogP contribution in [0.3, 0.4) is 0 Å². The van der Waals surface area contributed by atoms with Gasteiger partial charge >= 0.3 is 0 Å². The number of carbonyl (C=O) groups is 2. The van der Waals surface area contributed by atoms with Crippen LogP contribution < -0.4 is 0 Å². The van der Waals surface area contributed by atoms with E-state index in [4.69, 9.17) is 0 Å². The number of Topliss-reactive ketones (excluding diaryl/α,β-unsaturated/α-hetero) is 2. The maximum Gasteiger partial charge on any atom is 0.199 e. The van der Waals surface area contributed by atoms with E-state index in [1.165, 1.54) is 5.57 Å². The molecule has 1 aromatic rings.